The Kier molecular flexibility index (Phi) is 4.90. The Bertz CT molecular complexity index is 1370. The van der Waals surface area contributed by atoms with E-state index < -0.39 is 6.04 Å². The van der Waals surface area contributed by atoms with Gasteiger partial charge in [-0.05, 0) is 47.5 Å². The smallest absolute Gasteiger partial charge is 0.291 e. The number of rotatable bonds is 5. The average Bonchev–Trinajstić information content (AvgIpc) is 3.11. The molecule has 32 heavy (non-hydrogen) atoms. The lowest BCUT2D eigenvalue weighted by Gasteiger charge is -2.25. The molecule has 0 spiro atoms. The van der Waals surface area contributed by atoms with Gasteiger partial charge in [0, 0.05) is 6.54 Å². The molecule has 0 saturated carbocycles. The van der Waals surface area contributed by atoms with Crippen molar-refractivity contribution in [2.45, 2.75) is 12.6 Å². The molecule has 6 nitrogen and oxygen atoms in total. The summed E-state index contributed by atoms with van der Waals surface area (Å²) in [7, 11) is 3.19. The van der Waals surface area contributed by atoms with Crippen molar-refractivity contribution in [3.8, 4) is 11.5 Å². The molecule has 4 aromatic rings. The summed E-state index contributed by atoms with van der Waals surface area (Å²) >= 11 is 0. The standard InChI is InChI=1S/C26H21NO5/c1-30-18-12-10-16(11-13-18)15-27-23(17-6-5-7-19(14-17)31-2)22-24(28)20-8-3-4-9-21(20)32-25(22)26(27)29/h3-14,23H,15H2,1-2H3. The van der Waals surface area contributed by atoms with Crippen molar-refractivity contribution in [1.82, 2.24) is 4.90 Å². The minimum atomic E-state index is -0.587. The molecule has 5 rings (SSSR count). The Morgan fingerprint density at radius 3 is 2.38 bits per heavy atom. The van der Waals surface area contributed by atoms with Gasteiger partial charge < -0.3 is 18.8 Å². The van der Waals surface area contributed by atoms with Gasteiger partial charge in [-0.25, -0.2) is 0 Å². The molecule has 3 aromatic carbocycles. The molecule has 0 fully saturated rings. The SMILES string of the molecule is COc1ccc(CN2C(=O)c3oc4ccccc4c(=O)c3C2c2cccc(OC)c2)cc1. The molecule has 0 aliphatic carbocycles. The first kappa shape index (κ1) is 19.9. The summed E-state index contributed by atoms with van der Waals surface area (Å²) in [6, 6.07) is 21.4. The second kappa shape index (κ2) is 7.89. The minimum absolute atomic E-state index is 0.0926. The van der Waals surface area contributed by atoms with Crippen molar-refractivity contribution >= 4 is 16.9 Å². The molecule has 1 unspecified atom stereocenters. The number of carbonyl (C=O) groups excluding carboxylic acids is 1. The molecule has 1 aliphatic rings. The van der Waals surface area contributed by atoms with Gasteiger partial charge in [0.15, 0.2) is 5.43 Å². The van der Waals surface area contributed by atoms with E-state index in [2.05, 4.69) is 0 Å². The Balaban J connectivity index is 1.68. The molecule has 1 aliphatic heterocycles. The third-order valence-electron chi connectivity index (χ3n) is 5.79. The van der Waals surface area contributed by atoms with Crippen LogP contribution in [-0.4, -0.2) is 25.0 Å². The molecule has 1 amide bonds. The molecule has 1 aromatic heterocycles. The van der Waals surface area contributed by atoms with Crippen molar-refractivity contribution in [2.24, 2.45) is 0 Å². The molecular formula is C26H21NO5. The number of carbonyl (C=O) groups is 1. The van der Waals surface area contributed by atoms with Gasteiger partial charge in [-0.15, -0.1) is 0 Å². The van der Waals surface area contributed by atoms with Gasteiger partial charge >= 0.3 is 0 Å². The fourth-order valence-corrected chi connectivity index (χ4v) is 4.22. The molecule has 0 radical (unpaired) electrons. The number of fused-ring (bicyclic) bond motifs is 2. The van der Waals surface area contributed by atoms with E-state index in [-0.39, 0.29) is 17.1 Å². The van der Waals surface area contributed by atoms with Crippen LogP contribution in [0, 0.1) is 0 Å². The van der Waals surface area contributed by atoms with Crippen molar-refractivity contribution in [3.05, 3.63) is 105 Å². The molecule has 1 atom stereocenters. The van der Waals surface area contributed by atoms with E-state index in [1.807, 2.05) is 48.5 Å². The lowest BCUT2D eigenvalue weighted by atomic mass is 9.98. The van der Waals surface area contributed by atoms with Gasteiger partial charge in [-0.2, -0.15) is 0 Å². The van der Waals surface area contributed by atoms with E-state index in [9.17, 15) is 9.59 Å². The number of benzene rings is 3. The number of hydrogen-bond donors (Lipinski definition) is 0. The Hall–Kier alpha value is -4.06. The quantitative estimate of drug-likeness (QED) is 0.467. The van der Waals surface area contributed by atoms with Gasteiger partial charge in [0.25, 0.3) is 5.91 Å². The van der Waals surface area contributed by atoms with Gasteiger partial charge in [0.2, 0.25) is 5.76 Å². The highest BCUT2D eigenvalue weighted by atomic mass is 16.5. The van der Waals surface area contributed by atoms with Crippen LogP contribution in [0.4, 0.5) is 0 Å². The van der Waals surface area contributed by atoms with Crippen molar-refractivity contribution < 1.29 is 18.7 Å². The summed E-state index contributed by atoms with van der Waals surface area (Å²) in [6.07, 6.45) is 0. The summed E-state index contributed by atoms with van der Waals surface area (Å²) < 4.78 is 16.6. The monoisotopic (exact) mass is 427 g/mol. The van der Waals surface area contributed by atoms with Crippen molar-refractivity contribution in [1.29, 1.82) is 0 Å². The van der Waals surface area contributed by atoms with Crippen molar-refractivity contribution in [3.63, 3.8) is 0 Å². The maximum atomic E-state index is 13.5. The molecule has 2 heterocycles. The van der Waals surface area contributed by atoms with Crippen LogP contribution in [0.3, 0.4) is 0 Å². The predicted molar refractivity (Wildman–Crippen MR) is 120 cm³/mol. The Morgan fingerprint density at radius 2 is 1.62 bits per heavy atom. The number of amides is 1. The highest BCUT2D eigenvalue weighted by molar-refractivity contribution is 5.99. The van der Waals surface area contributed by atoms with Crippen LogP contribution < -0.4 is 14.9 Å². The molecular weight excluding hydrogens is 406 g/mol. The first-order chi connectivity index (χ1) is 15.6. The molecule has 0 saturated heterocycles. The van der Waals surface area contributed by atoms with E-state index >= 15 is 0 Å². The first-order valence-electron chi connectivity index (χ1n) is 10.2. The zero-order chi connectivity index (χ0) is 22.2. The van der Waals surface area contributed by atoms with Crippen LogP contribution in [0.15, 0.2) is 82.0 Å². The van der Waals surface area contributed by atoms with E-state index in [1.165, 1.54) is 0 Å². The van der Waals surface area contributed by atoms with Crippen LogP contribution in [-0.2, 0) is 6.54 Å². The number of methoxy groups -OCH3 is 2. The number of ether oxygens (including phenoxy) is 2. The third-order valence-corrected chi connectivity index (χ3v) is 5.79. The molecule has 0 bridgehead atoms. The molecule has 6 heteroatoms. The zero-order valence-corrected chi connectivity index (χ0v) is 17.7. The van der Waals surface area contributed by atoms with Crippen molar-refractivity contribution in [2.75, 3.05) is 14.2 Å². The van der Waals surface area contributed by atoms with Crippen LogP contribution in [0.5, 0.6) is 11.5 Å². The highest BCUT2D eigenvalue weighted by Gasteiger charge is 2.42. The number of para-hydroxylation sites is 1. The third kappa shape index (κ3) is 3.21. The number of nitrogens with zero attached hydrogens (tertiary/aromatic N) is 1. The summed E-state index contributed by atoms with van der Waals surface area (Å²) in [5.41, 5.74) is 2.26. The maximum absolute atomic E-state index is 13.5. The largest absolute Gasteiger partial charge is 0.497 e. The van der Waals surface area contributed by atoms with Gasteiger partial charge in [-0.1, -0.05) is 36.4 Å². The fourth-order valence-electron chi connectivity index (χ4n) is 4.22. The minimum Gasteiger partial charge on any atom is -0.497 e. The topological polar surface area (TPSA) is 69.0 Å². The second-order valence-corrected chi connectivity index (χ2v) is 7.63. The second-order valence-electron chi connectivity index (χ2n) is 7.63. The lowest BCUT2D eigenvalue weighted by molar-refractivity contribution is 0.0714. The zero-order valence-electron chi connectivity index (χ0n) is 17.7. The maximum Gasteiger partial charge on any atom is 0.291 e. The number of hydrogen-bond acceptors (Lipinski definition) is 5. The molecule has 0 N–H and O–H groups in total. The summed E-state index contributed by atoms with van der Waals surface area (Å²) in [5, 5.41) is 0.457. The van der Waals surface area contributed by atoms with Crippen LogP contribution in [0.2, 0.25) is 0 Å². The molecule has 160 valence electrons. The fraction of sp³-hybridized carbons (Fsp3) is 0.154. The average molecular weight is 427 g/mol. The van der Waals surface area contributed by atoms with Gasteiger partial charge in [-0.3, -0.25) is 9.59 Å². The van der Waals surface area contributed by atoms with Crippen LogP contribution in [0.25, 0.3) is 11.0 Å². The van der Waals surface area contributed by atoms with E-state index in [1.54, 1.807) is 43.4 Å². The summed E-state index contributed by atoms with van der Waals surface area (Å²) in [5.74, 6) is 1.16. The lowest BCUT2D eigenvalue weighted by Crippen LogP contribution is -2.29. The van der Waals surface area contributed by atoms with Crippen LogP contribution in [0.1, 0.15) is 33.3 Å². The summed E-state index contributed by atoms with van der Waals surface area (Å²) in [4.78, 5) is 28.7. The highest BCUT2D eigenvalue weighted by Crippen LogP contribution is 2.40. The first-order valence-corrected chi connectivity index (χ1v) is 10.2. The van der Waals surface area contributed by atoms with E-state index in [4.69, 9.17) is 13.9 Å². The van der Waals surface area contributed by atoms with E-state index in [0.717, 1.165) is 16.9 Å². The van der Waals surface area contributed by atoms with Gasteiger partial charge in [0.1, 0.15) is 17.1 Å². The Morgan fingerprint density at radius 1 is 0.875 bits per heavy atom. The van der Waals surface area contributed by atoms with Crippen LogP contribution >= 0.6 is 0 Å². The van der Waals surface area contributed by atoms with Gasteiger partial charge in [0.05, 0.1) is 31.2 Å². The Labute approximate surface area is 184 Å². The predicted octanol–water partition coefficient (Wildman–Crippen LogP) is 4.56. The summed E-state index contributed by atoms with van der Waals surface area (Å²) in [6.45, 7) is 0.310. The van der Waals surface area contributed by atoms with E-state index in [0.29, 0.717) is 28.8 Å². The normalized spacial score (nSPS) is 15.1.